The van der Waals surface area contributed by atoms with Crippen molar-refractivity contribution >= 4 is 45.0 Å². The summed E-state index contributed by atoms with van der Waals surface area (Å²) < 4.78 is 1.09. The third-order valence-corrected chi connectivity index (χ3v) is 2.63. The molecule has 0 aliphatic carbocycles. The number of rotatable bonds is 0. The Morgan fingerprint density at radius 3 is 2.92 bits per heavy atom. The number of nitrogens with zero attached hydrogens (tertiary/aromatic N) is 2. The summed E-state index contributed by atoms with van der Waals surface area (Å²) in [7, 11) is 0. The first kappa shape index (κ1) is 8.19. The monoisotopic (exact) mass is 290 g/mol. The van der Waals surface area contributed by atoms with Crippen LogP contribution in [0.5, 0.6) is 0 Å². The van der Waals surface area contributed by atoms with Crippen LogP contribution in [0.4, 0.5) is 0 Å². The molecular weight excluding hydrogens is 286 g/mol. The van der Waals surface area contributed by atoms with E-state index >= 15 is 0 Å². The molecule has 0 aromatic carbocycles. The van der Waals surface area contributed by atoms with Gasteiger partial charge in [-0.1, -0.05) is 11.6 Å². The predicted molar refractivity (Wildman–Crippen MR) is 57.3 cm³/mol. The zero-order valence-corrected chi connectivity index (χ0v) is 8.87. The van der Waals surface area contributed by atoms with Gasteiger partial charge in [-0.15, -0.1) is 0 Å². The van der Waals surface area contributed by atoms with Crippen molar-refractivity contribution in [2.24, 2.45) is 0 Å². The maximum atomic E-state index is 5.76. The molecule has 2 heterocycles. The van der Waals surface area contributed by atoms with E-state index in [9.17, 15) is 0 Å². The summed E-state index contributed by atoms with van der Waals surface area (Å²) in [6.45, 7) is 0. The zero-order valence-electron chi connectivity index (χ0n) is 5.96. The molecule has 2 nitrogen and oxygen atoms in total. The molecule has 2 aromatic heterocycles. The number of aromatic nitrogens is 2. The Labute approximate surface area is 88.1 Å². The van der Waals surface area contributed by atoms with Crippen molar-refractivity contribution in [3.05, 3.63) is 33.4 Å². The van der Waals surface area contributed by atoms with Gasteiger partial charge in [-0.2, -0.15) is 0 Å². The Balaban J connectivity index is 2.88. The number of fused-ring (bicyclic) bond motifs is 1. The van der Waals surface area contributed by atoms with Gasteiger partial charge >= 0.3 is 0 Å². The first-order valence-electron chi connectivity index (χ1n) is 3.32. The average molecular weight is 290 g/mol. The highest BCUT2D eigenvalue weighted by atomic mass is 127. The van der Waals surface area contributed by atoms with Gasteiger partial charge in [0.1, 0.15) is 5.15 Å². The molecule has 0 fully saturated rings. The smallest absolute Gasteiger partial charge is 0.129 e. The molecule has 2 aromatic rings. The first-order valence-corrected chi connectivity index (χ1v) is 4.78. The van der Waals surface area contributed by atoms with Gasteiger partial charge in [0, 0.05) is 32.9 Å². The second-order valence-electron chi connectivity index (χ2n) is 2.35. The number of hydrogen-bond donors (Lipinski definition) is 0. The summed E-state index contributed by atoms with van der Waals surface area (Å²) in [6.07, 6.45) is 5.31. The molecule has 0 N–H and O–H groups in total. The van der Waals surface area contributed by atoms with Crippen LogP contribution in [0.3, 0.4) is 0 Å². The lowest BCUT2D eigenvalue weighted by Gasteiger charge is -1.98. The Kier molecular flexibility index (Phi) is 2.14. The lowest BCUT2D eigenvalue weighted by Crippen LogP contribution is -1.82. The van der Waals surface area contributed by atoms with Crippen molar-refractivity contribution in [1.82, 2.24) is 9.97 Å². The van der Waals surface area contributed by atoms with Crippen molar-refractivity contribution in [3.8, 4) is 0 Å². The van der Waals surface area contributed by atoms with E-state index in [-0.39, 0.29) is 0 Å². The van der Waals surface area contributed by atoms with Gasteiger partial charge < -0.3 is 0 Å². The van der Waals surface area contributed by atoms with Crippen LogP contribution in [0.25, 0.3) is 10.8 Å². The molecule has 0 spiro atoms. The van der Waals surface area contributed by atoms with Crippen molar-refractivity contribution in [1.29, 1.82) is 0 Å². The van der Waals surface area contributed by atoms with E-state index < -0.39 is 0 Å². The molecule has 0 aliphatic heterocycles. The van der Waals surface area contributed by atoms with Crippen molar-refractivity contribution in [2.45, 2.75) is 0 Å². The van der Waals surface area contributed by atoms with E-state index in [1.54, 1.807) is 18.6 Å². The molecule has 0 aliphatic rings. The van der Waals surface area contributed by atoms with E-state index in [4.69, 9.17) is 11.6 Å². The molecular formula is C8H4ClIN2. The molecule has 0 amide bonds. The fourth-order valence-corrected chi connectivity index (χ4v) is 1.79. The molecule has 0 bridgehead atoms. The standard InChI is InChI=1S/C8H4ClIN2/c9-8-1-6-5(3-12-8)2-11-4-7(6)10/h1-4H. The number of hydrogen-bond acceptors (Lipinski definition) is 2. The fraction of sp³-hybridized carbons (Fsp3) is 0. The first-order chi connectivity index (χ1) is 5.77. The lowest BCUT2D eigenvalue weighted by atomic mass is 10.2. The van der Waals surface area contributed by atoms with E-state index in [1.165, 1.54) is 0 Å². The molecule has 2 rings (SSSR count). The SMILES string of the molecule is Clc1cc2c(I)cncc2cn1. The van der Waals surface area contributed by atoms with Crippen LogP contribution in [0, 0.1) is 3.57 Å². The van der Waals surface area contributed by atoms with Crippen molar-refractivity contribution < 1.29 is 0 Å². The van der Waals surface area contributed by atoms with Crippen molar-refractivity contribution in [2.75, 3.05) is 0 Å². The van der Waals surface area contributed by atoms with Crippen LogP contribution in [-0.2, 0) is 0 Å². The van der Waals surface area contributed by atoms with Gasteiger partial charge in [0.15, 0.2) is 0 Å². The Morgan fingerprint density at radius 1 is 1.25 bits per heavy atom. The van der Waals surface area contributed by atoms with E-state index in [0.29, 0.717) is 5.15 Å². The third kappa shape index (κ3) is 1.38. The van der Waals surface area contributed by atoms with E-state index in [1.807, 2.05) is 6.07 Å². The summed E-state index contributed by atoms with van der Waals surface area (Å²) >= 11 is 7.98. The second kappa shape index (κ2) is 3.14. The van der Waals surface area contributed by atoms with Gasteiger partial charge in [0.2, 0.25) is 0 Å². The quantitative estimate of drug-likeness (QED) is 0.551. The minimum Gasteiger partial charge on any atom is -0.263 e. The van der Waals surface area contributed by atoms with Gasteiger partial charge in [-0.25, -0.2) is 4.98 Å². The maximum absolute atomic E-state index is 5.76. The normalized spacial score (nSPS) is 10.5. The van der Waals surface area contributed by atoms with E-state index in [0.717, 1.165) is 14.3 Å². The third-order valence-electron chi connectivity index (χ3n) is 1.56. The number of pyridine rings is 2. The van der Waals surface area contributed by atoms with Crippen LogP contribution in [0.2, 0.25) is 5.15 Å². The fourth-order valence-electron chi connectivity index (χ4n) is 1.00. The molecule has 0 atom stereocenters. The highest BCUT2D eigenvalue weighted by Crippen LogP contribution is 2.20. The van der Waals surface area contributed by atoms with Crippen LogP contribution in [-0.4, -0.2) is 9.97 Å². The largest absolute Gasteiger partial charge is 0.263 e. The summed E-state index contributed by atoms with van der Waals surface area (Å²) in [4.78, 5) is 8.02. The zero-order chi connectivity index (χ0) is 8.55. The lowest BCUT2D eigenvalue weighted by molar-refractivity contribution is 1.31. The molecule has 12 heavy (non-hydrogen) atoms. The minimum atomic E-state index is 0.520. The van der Waals surface area contributed by atoms with Crippen LogP contribution in [0.15, 0.2) is 24.7 Å². The Bertz CT molecular complexity index is 430. The number of halogens is 2. The summed E-state index contributed by atoms with van der Waals surface area (Å²) in [5.74, 6) is 0. The van der Waals surface area contributed by atoms with Gasteiger partial charge in [0.05, 0.1) is 0 Å². The molecule has 4 heteroatoms. The molecule has 0 unspecified atom stereocenters. The second-order valence-corrected chi connectivity index (χ2v) is 3.90. The Hall–Kier alpha value is -0.420. The van der Waals surface area contributed by atoms with Crippen LogP contribution >= 0.6 is 34.2 Å². The predicted octanol–water partition coefficient (Wildman–Crippen LogP) is 2.89. The molecule has 0 saturated carbocycles. The highest BCUT2D eigenvalue weighted by Gasteiger charge is 1.99. The van der Waals surface area contributed by atoms with Crippen molar-refractivity contribution in [3.63, 3.8) is 0 Å². The average Bonchev–Trinajstić information content (AvgIpc) is 2.07. The van der Waals surface area contributed by atoms with Gasteiger partial charge in [-0.3, -0.25) is 4.98 Å². The summed E-state index contributed by atoms with van der Waals surface area (Å²) in [5, 5.41) is 2.64. The maximum Gasteiger partial charge on any atom is 0.129 e. The molecule has 0 saturated heterocycles. The summed E-state index contributed by atoms with van der Waals surface area (Å²) in [5.41, 5.74) is 0. The van der Waals surface area contributed by atoms with Gasteiger partial charge in [0.25, 0.3) is 0 Å². The molecule has 60 valence electrons. The van der Waals surface area contributed by atoms with Crippen LogP contribution < -0.4 is 0 Å². The highest BCUT2D eigenvalue weighted by molar-refractivity contribution is 14.1. The molecule has 0 radical (unpaired) electrons. The van der Waals surface area contributed by atoms with Gasteiger partial charge in [-0.05, 0) is 28.7 Å². The minimum absolute atomic E-state index is 0.520. The van der Waals surface area contributed by atoms with E-state index in [2.05, 4.69) is 32.6 Å². The van der Waals surface area contributed by atoms with Crippen LogP contribution in [0.1, 0.15) is 0 Å². The Morgan fingerprint density at radius 2 is 2.08 bits per heavy atom. The topological polar surface area (TPSA) is 25.8 Å². The summed E-state index contributed by atoms with van der Waals surface area (Å²) in [6, 6.07) is 1.85.